The predicted molar refractivity (Wildman–Crippen MR) is 67.4 cm³/mol. The van der Waals surface area contributed by atoms with Crippen molar-refractivity contribution in [3.05, 3.63) is 24.0 Å². The van der Waals surface area contributed by atoms with Gasteiger partial charge in [-0.3, -0.25) is 4.98 Å². The minimum absolute atomic E-state index is 0.0487. The van der Waals surface area contributed by atoms with Crippen LogP contribution in [0.3, 0.4) is 0 Å². The van der Waals surface area contributed by atoms with Crippen molar-refractivity contribution >= 4 is 0 Å². The Morgan fingerprint density at radius 3 is 2.33 bits per heavy atom. The van der Waals surface area contributed by atoms with Crippen molar-refractivity contribution in [3.63, 3.8) is 0 Å². The Labute approximate surface area is 108 Å². The van der Waals surface area contributed by atoms with Crippen molar-refractivity contribution in [2.75, 3.05) is 14.2 Å². The first-order valence-electron chi connectivity index (χ1n) is 5.82. The maximum atomic E-state index is 10.5. The Morgan fingerprint density at radius 2 is 1.83 bits per heavy atom. The smallest absolute Gasteiger partial charge is 0.189 e. The van der Waals surface area contributed by atoms with Gasteiger partial charge in [0.1, 0.15) is 11.4 Å². The normalized spacial score (nSPS) is 14.9. The highest BCUT2D eigenvalue weighted by Gasteiger charge is 2.35. The van der Waals surface area contributed by atoms with Crippen molar-refractivity contribution in [2.45, 2.75) is 38.8 Å². The summed E-state index contributed by atoms with van der Waals surface area (Å²) < 4.78 is 15.7. The van der Waals surface area contributed by atoms with Gasteiger partial charge in [0.2, 0.25) is 0 Å². The Hall–Kier alpha value is -1.17. The highest BCUT2D eigenvalue weighted by atomic mass is 16.7. The van der Waals surface area contributed by atoms with Gasteiger partial charge in [-0.15, -0.1) is 0 Å². The van der Waals surface area contributed by atoms with Gasteiger partial charge in [0.05, 0.1) is 12.3 Å². The summed E-state index contributed by atoms with van der Waals surface area (Å²) in [6.45, 7) is 5.47. The summed E-state index contributed by atoms with van der Waals surface area (Å²) >= 11 is 0. The number of rotatable bonds is 6. The van der Waals surface area contributed by atoms with E-state index in [0.717, 1.165) is 0 Å². The summed E-state index contributed by atoms with van der Waals surface area (Å²) in [4.78, 5) is 4.06. The van der Waals surface area contributed by atoms with E-state index in [9.17, 15) is 5.11 Å². The molecule has 1 aromatic heterocycles. The lowest BCUT2D eigenvalue weighted by molar-refractivity contribution is -0.213. The summed E-state index contributed by atoms with van der Waals surface area (Å²) in [6.07, 6.45) is 2.45. The molecule has 1 aromatic rings. The van der Waals surface area contributed by atoms with Crippen molar-refractivity contribution in [3.8, 4) is 5.75 Å². The monoisotopic (exact) mass is 255 g/mol. The number of aliphatic hydroxyl groups is 1. The highest BCUT2D eigenvalue weighted by Crippen LogP contribution is 2.28. The van der Waals surface area contributed by atoms with Crippen LogP contribution in [-0.4, -0.2) is 36.7 Å². The summed E-state index contributed by atoms with van der Waals surface area (Å²) in [5.41, 5.74) is -0.721. The first-order chi connectivity index (χ1) is 8.41. The van der Waals surface area contributed by atoms with Gasteiger partial charge in [-0.25, -0.2) is 0 Å². The van der Waals surface area contributed by atoms with Crippen LogP contribution < -0.4 is 4.74 Å². The van der Waals surface area contributed by atoms with E-state index in [1.165, 1.54) is 14.2 Å². The Balaban J connectivity index is 3.01. The number of aromatic nitrogens is 1. The van der Waals surface area contributed by atoms with E-state index in [4.69, 9.17) is 14.2 Å². The maximum absolute atomic E-state index is 10.5. The molecule has 1 N–H and O–H groups in total. The minimum Gasteiger partial charge on any atom is -0.489 e. The zero-order valence-electron chi connectivity index (χ0n) is 11.5. The van der Waals surface area contributed by atoms with Gasteiger partial charge < -0.3 is 19.3 Å². The van der Waals surface area contributed by atoms with E-state index < -0.39 is 11.9 Å². The van der Waals surface area contributed by atoms with Gasteiger partial charge in [0.15, 0.2) is 6.29 Å². The van der Waals surface area contributed by atoms with Crippen LogP contribution in [-0.2, 0) is 15.1 Å². The molecule has 0 aliphatic heterocycles. The maximum Gasteiger partial charge on any atom is 0.189 e. The van der Waals surface area contributed by atoms with Crippen molar-refractivity contribution < 1.29 is 19.3 Å². The third-order valence-electron chi connectivity index (χ3n) is 2.56. The van der Waals surface area contributed by atoms with Crippen LogP contribution in [0.5, 0.6) is 5.75 Å². The summed E-state index contributed by atoms with van der Waals surface area (Å²) in [7, 11) is 2.95. The largest absolute Gasteiger partial charge is 0.489 e. The van der Waals surface area contributed by atoms with Gasteiger partial charge >= 0.3 is 0 Å². The number of hydrogen-bond acceptors (Lipinski definition) is 5. The second-order valence-electron chi connectivity index (χ2n) is 4.53. The van der Waals surface area contributed by atoms with Crippen molar-refractivity contribution in [1.82, 2.24) is 4.98 Å². The number of pyridine rings is 1. The van der Waals surface area contributed by atoms with Crippen LogP contribution in [0.15, 0.2) is 18.5 Å². The first-order valence-corrected chi connectivity index (χ1v) is 5.82. The molecule has 0 aromatic carbocycles. The molecule has 0 fully saturated rings. The lowest BCUT2D eigenvalue weighted by atomic mass is 9.97. The first kappa shape index (κ1) is 14.9. The SMILES string of the molecule is COC(OC)C(C)(O)c1cncc(OC(C)C)c1. The zero-order valence-corrected chi connectivity index (χ0v) is 11.5. The Morgan fingerprint density at radius 1 is 1.22 bits per heavy atom. The molecule has 1 heterocycles. The quantitative estimate of drug-likeness (QED) is 0.784. The van der Waals surface area contributed by atoms with Gasteiger partial charge in [-0.05, 0) is 26.8 Å². The van der Waals surface area contributed by atoms with Gasteiger partial charge in [-0.1, -0.05) is 0 Å². The van der Waals surface area contributed by atoms with Gasteiger partial charge in [-0.2, -0.15) is 0 Å². The molecule has 0 spiro atoms. The van der Waals surface area contributed by atoms with Crippen LogP contribution in [0.4, 0.5) is 0 Å². The fourth-order valence-corrected chi connectivity index (χ4v) is 1.72. The molecule has 102 valence electrons. The molecule has 0 saturated heterocycles. The third kappa shape index (κ3) is 3.41. The summed E-state index contributed by atoms with van der Waals surface area (Å²) in [6, 6.07) is 1.73. The van der Waals surface area contributed by atoms with Crippen LogP contribution in [0.25, 0.3) is 0 Å². The zero-order chi connectivity index (χ0) is 13.8. The minimum atomic E-state index is -1.30. The fourth-order valence-electron chi connectivity index (χ4n) is 1.72. The van der Waals surface area contributed by atoms with E-state index in [2.05, 4.69) is 4.98 Å². The molecule has 1 unspecified atom stereocenters. The topological polar surface area (TPSA) is 60.8 Å². The van der Waals surface area contributed by atoms with Crippen LogP contribution >= 0.6 is 0 Å². The van der Waals surface area contributed by atoms with Gasteiger partial charge in [0.25, 0.3) is 0 Å². The molecule has 0 amide bonds. The number of methoxy groups -OCH3 is 2. The second kappa shape index (κ2) is 6.13. The molecule has 1 rings (SSSR count). The Bertz CT molecular complexity index is 375. The second-order valence-corrected chi connectivity index (χ2v) is 4.53. The summed E-state index contributed by atoms with van der Waals surface area (Å²) in [5, 5.41) is 10.5. The average Bonchev–Trinajstić information content (AvgIpc) is 2.29. The highest BCUT2D eigenvalue weighted by molar-refractivity contribution is 5.28. The molecule has 0 bridgehead atoms. The molecule has 0 aliphatic carbocycles. The number of hydrogen-bond donors (Lipinski definition) is 1. The molecular formula is C13H21NO4. The van der Waals surface area contributed by atoms with Gasteiger partial charge in [0, 0.05) is 26.0 Å². The third-order valence-corrected chi connectivity index (χ3v) is 2.56. The lowest BCUT2D eigenvalue weighted by Gasteiger charge is -2.30. The van der Waals surface area contributed by atoms with Crippen LogP contribution in [0.1, 0.15) is 26.3 Å². The van der Waals surface area contributed by atoms with Crippen LogP contribution in [0, 0.1) is 0 Å². The Kier molecular flexibility index (Phi) is 5.07. The van der Waals surface area contributed by atoms with Crippen molar-refractivity contribution in [2.24, 2.45) is 0 Å². The average molecular weight is 255 g/mol. The van der Waals surface area contributed by atoms with E-state index >= 15 is 0 Å². The number of ether oxygens (including phenoxy) is 3. The van der Waals surface area contributed by atoms with E-state index in [1.54, 1.807) is 25.4 Å². The molecule has 0 aliphatic rings. The van der Waals surface area contributed by atoms with Crippen LogP contribution in [0.2, 0.25) is 0 Å². The van der Waals surface area contributed by atoms with E-state index in [1.807, 2.05) is 13.8 Å². The molecular weight excluding hydrogens is 234 g/mol. The molecule has 18 heavy (non-hydrogen) atoms. The molecule has 5 heteroatoms. The summed E-state index contributed by atoms with van der Waals surface area (Å²) in [5.74, 6) is 0.605. The lowest BCUT2D eigenvalue weighted by Crippen LogP contribution is -2.39. The fraction of sp³-hybridized carbons (Fsp3) is 0.615. The molecule has 1 atom stereocenters. The standard InChI is InChI=1S/C13H21NO4/c1-9(2)18-11-6-10(7-14-8-11)13(3,15)12(16-4)17-5/h6-9,12,15H,1-5H3. The van der Waals surface area contributed by atoms with E-state index in [0.29, 0.717) is 11.3 Å². The molecule has 0 radical (unpaired) electrons. The van der Waals surface area contributed by atoms with E-state index in [-0.39, 0.29) is 6.10 Å². The molecule has 5 nitrogen and oxygen atoms in total. The number of nitrogens with zero attached hydrogens (tertiary/aromatic N) is 1. The van der Waals surface area contributed by atoms with Crippen molar-refractivity contribution in [1.29, 1.82) is 0 Å². The molecule has 0 saturated carbocycles. The predicted octanol–water partition coefficient (Wildman–Crippen LogP) is 1.70.